The number of carbonyl (C=O) groups is 1. The van der Waals surface area contributed by atoms with Crippen LogP contribution in [-0.4, -0.2) is 34.8 Å². The van der Waals surface area contributed by atoms with Gasteiger partial charge in [0.05, 0.1) is 13.7 Å². The topological polar surface area (TPSA) is 66.8 Å². The number of alkyl halides is 2. The van der Waals surface area contributed by atoms with Crippen molar-refractivity contribution in [1.29, 1.82) is 0 Å². The molecule has 2 N–H and O–H groups in total. The van der Waals surface area contributed by atoms with E-state index >= 15 is 0 Å². The minimum Gasteiger partial charge on any atom is -0.506 e. The number of benzene rings is 1. The van der Waals surface area contributed by atoms with E-state index in [1.165, 1.54) is 19.9 Å². The lowest BCUT2D eigenvalue weighted by molar-refractivity contribution is -0.193. The fourth-order valence-corrected chi connectivity index (χ4v) is 3.68. The number of phenolic OH excluding ortho intramolecular Hbond substituents is 1. The monoisotopic (exact) mass is 552 g/mol. The zero-order chi connectivity index (χ0) is 17.8. The van der Waals surface area contributed by atoms with E-state index in [-0.39, 0.29) is 12.4 Å². The van der Waals surface area contributed by atoms with Crippen LogP contribution in [0.25, 0.3) is 6.08 Å². The van der Waals surface area contributed by atoms with E-state index in [0.717, 1.165) is 5.56 Å². The zero-order valence-electron chi connectivity index (χ0n) is 12.4. The molecule has 0 spiro atoms. The molecule has 0 aliphatic carbocycles. The van der Waals surface area contributed by atoms with Gasteiger partial charge in [-0.25, -0.2) is 4.79 Å². The average Bonchev–Trinajstić information content (AvgIpc) is 2.43. The first-order chi connectivity index (χ1) is 10.6. The standard InChI is InChI=1S/C15H16F2I2O4/c1-8(2)13(15(16,17)14(21)22)23-5-3-4-9-6-10(18)12(20)11(19)7-9/h3-4,6-8,13,20H,5H2,1-2H3,(H,21,22)/b4-3+. The smallest absolute Gasteiger partial charge is 0.377 e. The Labute approximate surface area is 160 Å². The van der Waals surface area contributed by atoms with Gasteiger partial charge in [0.2, 0.25) is 0 Å². The van der Waals surface area contributed by atoms with Gasteiger partial charge in [0.1, 0.15) is 11.9 Å². The summed E-state index contributed by atoms with van der Waals surface area (Å²) in [6.45, 7) is 2.82. The molecule has 128 valence electrons. The summed E-state index contributed by atoms with van der Waals surface area (Å²) >= 11 is 3.98. The van der Waals surface area contributed by atoms with Crippen LogP contribution in [0.5, 0.6) is 5.75 Å². The van der Waals surface area contributed by atoms with Gasteiger partial charge in [-0.05, 0) is 68.8 Å². The SMILES string of the molecule is CC(C)C(OC/C=C/c1cc(I)c(O)c(I)c1)C(F)(F)C(=O)O. The minimum absolute atomic E-state index is 0.139. The van der Waals surface area contributed by atoms with Gasteiger partial charge >= 0.3 is 11.9 Å². The molecule has 0 aromatic heterocycles. The summed E-state index contributed by atoms with van der Waals surface area (Å²) in [5, 5.41) is 18.3. The zero-order valence-corrected chi connectivity index (χ0v) is 16.7. The van der Waals surface area contributed by atoms with Crippen LogP contribution in [0.1, 0.15) is 19.4 Å². The molecule has 0 aliphatic heterocycles. The highest BCUT2D eigenvalue weighted by molar-refractivity contribution is 14.1. The number of ether oxygens (including phenoxy) is 1. The maximum Gasteiger partial charge on any atom is 0.377 e. The van der Waals surface area contributed by atoms with Crippen LogP contribution >= 0.6 is 45.2 Å². The predicted molar refractivity (Wildman–Crippen MR) is 99.7 cm³/mol. The molecule has 0 saturated carbocycles. The van der Waals surface area contributed by atoms with Crippen molar-refractivity contribution in [2.45, 2.75) is 25.9 Å². The van der Waals surface area contributed by atoms with Gasteiger partial charge in [-0.15, -0.1) is 0 Å². The highest BCUT2D eigenvalue weighted by Crippen LogP contribution is 2.29. The highest BCUT2D eigenvalue weighted by atomic mass is 127. The molecule has 23 heavy (non-hydrogen) atoms. The molecule has 4 nitrogen and oxygen atoms in total. The summed E-state index contributed by atoms with van der Waals surface area (Å²) in [4.78, 5) is 10.7. The number of halogens is 4. The number of phenols is 1. The summed E-state index contributed by atoms with van der Waals surface area (Å²) in [5.41, 5.74) is 0.784. The normalized spacial score (nSPS) is 13.7. The number of rotatable bonds is 7. The Kier molecular flexibility index (Phi) is 7.65. The van der Waals surface area contributed by atoms with Crippen molar-refractivity contribution in [3.05, 3.63) is 30.9 Å². The van der Waals surface area contributed by atoms with Crippen molar-refractivity contribution in [2.24, 2.45) is 5.92 Å². The molecule has 1 aromatic carbocycles. The molecule has 0 fully saturated rings. The van der Waals surface area contributed by atoms with Crippen molar-refractivity contribution in [3.63, 3.8) is 0 Å². The van der Waals surface area contributed by atoms with Crippen molar-refractivity contribution >= 4 is 57.2 Å². The summed E-state index contributed by atoms with van der Waals surface area (Å²) < 4.78 is 33.6. The second-order valence-electron chi connectivity index (χ2n) is 5.16. The molecule has 0 radical (unpaired) electrons. The van der Waals surface area contributed by atoms with Crippen molar-refractivity contribution in [1.82, 2.24) is 0 Å². The minimum atomic E-state index is -3.94. The third-order valence-corrected chi connectivity index (χ3v) is 4.61. The lowest BCUT2D eigenvalue weighted by Crippen LogP contribution is -2.46. The van der Waals surface area contributed by atoms with Gasteiger partial charge in [0.15, 0.2) is 0 Å². The lowest BCUT2D eigenvalue weighted by Gasteiger charge is -2.26. The molecule has 8 heteroatoms. The second kappa shape index (κ2) is 8.56. The third kappa shape index (κ3) is 5.52. The van der Waals surface area contributed by atoms with Crippen molar-refractivity contribution < 1.29 is 28.5 Å². The summed E-state index contributed by atoms with van der Waals surface area (Å²) in [5.74, 6) is -6.58. The Morgan fingerprint density at radius 1 is 1.35 bits per heavy atom. The van der Waals surface area contributed by atoms with E-state index in [0.29, 0.717) is 7.14 Å². The van der Waals surface area contributed by atoms with E-state index in [1.54, 1.807) is 18.2 Å². The molecule has 0 saturated heterocycles. The first-order valence-electron chi connectivity index (χ1n) is 6.64. The molecule has 1 unspecified atom stereocenters. The Morgan fingerprint density at radius 2 is 1.87 bits per heavy atom. The number of carboxylic acid groups (broad SMARTS) is 1. The maximum absolute atomic E-state index is 13.6. The first kappa shape index (κ1) is 20.6. The quantitative estimate of drug-likeness (QED) is 0.494. The van der Waals surface area contributed by atoms with E-state index in [4.69, 9.17) is 9.84 Å². The first-order valence-corrected chi connectivity index (χ1v) is 8.80. The Balaban J connectivity index is 2.76. The third-order valence-electron chi connectivity index (χ3n) is 2.97. The average molecular weight is 552 g/mol. The van der Waals surface area contributed by atoms with Gasteiger partial charge in [0.25, 0.3) is 0 Å². The fraction of sp³-hybridized carbons (Fsp3) is 0.400. The van der Waals surface area contributed by atoms with Gasteiger partial charge in [-0.3, -0.25) is 0 Å². The molecule has 0 aliphatic rings. The van der Waals surface area contributed by atoms with Crippen LogP contribution in [-0.2, 0) is 9.53 Å². The van der Waals surface area contributed by atoms with E-state index in [1.807, 2.05) is 45.2 Å². The van der Waals surface area contributed by atoms with Crippen LogP contribution in [0.4, 0.5) is 8.78 Å². The van der Waals surface area contributed by atoms with Gasteiger partial charge in [0, 0.05) is 0 Å². The molecule has 0 heterocycles. The van der Waals surface area contributed by atoms with Crippen LogP contribution in [0.2, 0.25) is 0 Å². The Bertz CT molecular complexity index is 580. The van der Waals surface area contributed by atoms with Crippen molar-refractivity contribution in [2.75, 3.05) is 6.61 Å². The number of aliphatic carboxylic acids is 1. The Hall–Kier alpha value is -0.490. The fourth-order valence-electron chi connectivity index (χ4n) is 1.86. The molecule has 1 aromatic rings. The number of carboxylic acids is 1. The van der Waals surface area contributed by atoms with Crippen LogP contribution in [0, 0.1) is 13.1 Å². The van der Waals surface area contributed by atoms with Crippen LogP contribution < -0.4 is 0 Å². The number of hydrogen-bond donors (Lipinski definition) is 2. The van der Waals surface area contributed by atoms with Crippen molar-refractivity contribution in [3.8, 4) is 5.75 Å². The molecule has 1 rings (SSSR count). The predicted octanol–water partition coefficient (Wildman–Crippen LogP) is 4.38. The molecule has 0 amide bonds. The maximum atomic E-state index is 13.6. The number of hydrogen-bond acceptors (Lipinski definition) is 3. The van der Waals surface area contributed by atoms with Gasteiger partial charge in [-0.2, -0.15) is 8.78 Å². The second-order valence-corrected chi connectivity index (χ2v) is 7.49. The Morgan fingerprint density at radius 3 is 2.30 bits per heavy atom. The van der Waals surface area contributed by atoms with E-state index in [9.17, 15) is 18.7 Å². The number of aromatic hydroxyl groups is 1. The molecule has 1 atom stereocenters. The molecular weight excluding hydrogens is 536 g/mol. The largest absolute Gasteiger partial charge is 0.506 e. The van der Waals surface area contributed by atoms with E-state index < -0.39 is 23.9 Å². The summed E-state index contributed by atoms with van der Waals surface area (Å²) in [6.07, 6.45) is 1.50. The summed E-state index contributed by atoms with van der Waals surface area (Å²) in [6, 6.07) is 3.47. The molecular formula is C15H16F2I2O4. The lowest BCUT2D eigenvalue weighted by atomic mass is 10.0. The van der Waals surface area contributed by atoms with Crippen LogP contribution in [0.15, 0.2) is 18.2 Å². The van der Waals surface area contributed by atoms with E-state index in [2.05, 4.69) is 0 Å². The molecule has 0 bridgehead atoms. The van der Waals surface area contributed by atoms with Gasteiger partial charge < -0.3 is 14.9 Å². The van der Waals surface area contributed by atoms with Gasteiger partial charge in [-0.1, -0.05) is 26.0 Å². The van der Waals surface area contributed by atoms with Crippen LogP contribution in [0.3, 0.4) is 0 Å². The summed E-state index contributed by atoms with van der Waals surface area (Å²) in [7, 11) is 0. The highest BCUT2D eigenvalue weighted by Gasteiger charge is 2.49.